The molecule has 0 atom stereocenters. The molecule has 1 saturated carbocycles. The lowest BCUT2D eigenvalue weighted by molar-refractivity contribution is 0.316. The number of hydrogen-bond donors (Lipinski definition) is 0. The van der Waals surface area contributed by atoms with E-state index in [9.17, 15) is 5.26 Å². The molecule has 4 aromatic rings. The van der Waals surface area contributed by atoms with Crippen LogP contribution in [0.3, 0.4) is 0 Å². The van der Waals surface area contributed by atoms with E-state index in [1.807, 2.05) is 56.9 Å². The Hall–Kier alpha value is -4.84. The first-order valence-electron chi connectivity index (χ1n) is 14.9. The molecule has 0 N–H and O–H groups in total. The molecule has 0 bridgehead atoms. The predicted molar refractivity (Wildman–Crippen MR) is 171 cm³/mol. The van der Waals surface area contributed by atoms with Crippen molar-refractivity contribution in [3.63, 3.8) is 0 Å². The summed E-state index contributed by atoms with van der Waals surface area (Å²) in [4.78, 5) is 16.8. The van der Waals surface area contributed by atoms with Crippen LogP contribution < -0.4 is 14.5 Å². The highest BCUT2D eigenvalue weighted by Crippen LogP contribution is 2.45. The molecular formula is C35H38F2N6O. The average molecular weight is 597 g/mol. The first-order valence-corrected chi connectivity index (χ1v) is 14.9. The molecule has 0 spiro atoms. The number of aromatic nitrogens is 3. The van der Waals surface area contributed by atoms with E-state index in [0.29, 0.717) is 17.2 Å². The van der Waals surface area contributed by atoms with E-state index < -0.39 is 17.0 Å². The Balaban J connectivity index is 0.00000106. The van der Waals surface area contributed by atoms with E-state index in [4.69, 9.17) is 4.74 Å². The van der Waals surface area contributed by atoms with Crippen LogP contribution in [0.4, 0.5) is 25.8 Å². The van der Waals surface area contributed by atoms with E-state index in [1.165, 1.54) is 18.1 Å². The molecular weight excluding hydrogens is 558 g/mol. The summed E-state index contributed by atoms with van der Waals surface area (Å²) in [6, 6.07) is 13.1. The number of halogens is 2. The van der Waals surface area contributed by atoms with Gasteiger partial charge in [0.05, 0.1) is 54.1 Å². The SMILES string of the molecule is C=C1N(c2c(F)c(C)cc(OC)c2F)Cc2cnc(-c3ccc(C4(C#N)CCC4)nc3)cc2N1c1cccnc1.CC.CC. The van der Waals surface area contributed by atoms with Gasteiger partial charge in [0.15, 0.2) is 17.4 Å². The van der Waals surface area contributed by atoms with E-state index >= 15 is 8.78 Å². The number of pyridine rings is 3. The number of anilines is 3. The zero-order valence-electron chi connectivity index (χ0n) is 26.2. The van der Waals surface area contributed by atoms with E-state index in [0.717, 1.165) is 41.8 Å². The number of hydrogen-bond acceptors (Lipinski definition) is 7. The van der Waals surface area contributed by atoms with Gasteiger partial charge in [-0.2, -0.15) is 5.26 Å². The summed E-state index contributed by atoms with van der Waals surface area (Å²) >= 11 is 0. The van der Waals surface area contributed by atoms with E-state index in [1.54, 1.807) is 37.8 Å². The first kappa shape index (κ1) is 32.1. The minimum Gasteiger partial charge on any atom is -0.494 e. The second-order valence-electron chi connectivity index (χ2n) is 10.1. The van der Waals surface area contributed by atoms with Crippen LogP contribution in [0.15, 0.2) is 73.6 Å². The van der Waals surface area contributed by atoms with Gasteiger partial charge in [-0.25, -0.2) is 8.78 Å². The monoisotopic (exact) mass is 596 g/mol. The quantitative estimate of drug-likeness (QED) is 0.228. The highest BCUT2D eigenvalue weighted by molar-refractivity contribution is 5.80. The molecule has 1 aromatic carbocycles. The fourth-order valence-electron chi connectivity index (χ4n) is 5.36. The second-order valence-corrected chi connectivity index (χ2v) is 10.1. The Morgan fingerprint density at radius 3 is 2.32 bits per heavy atom. The third-order valence-corrected chi connectivity index (χ3v) is 7.79. The number of benzene rings is 1. The maximum Gasteiger partial charge on any atom is 0.191 e. The zero-order valence-corrected chi connectivity index (χ0v) is 26.2. The fraction of sp³-hybridized carbons (Fsp3) is 0.314. The van der Waals surface area contributed by atoms with Crippen LogP contribution in [-0.4, -0.2) is 22.1 Å². The number of nitrogens with zero attached hydrogens (tertiary/aromatic N) is 6. The highest BCUT2D eigenvalue weighted by atomic mass is 19.1. The smallest absolute Gasteiger partial charge is 0.191 e. The second kappa shape index (κ2) is 13.6. The average Bonchev–Trinajstić information content (AvgIpc) is 3.05. The third kappa shape index (κ3) is 5.60. The maximum atomic E-state index is 15.5. The summed E-state index contributed by atoms with van der Waals surface area (Å²) in [6.45, 7) is 14.0. The van der Waals surface area contributed by atoms with Gasteiger partial charge in [-0.3, -0.25) is 19.9 Å². The van der Waals surface area contributed by atoms with Gasteiger partial charge in [-0.15, -0.1) is 0 Å². The lowest BCUT2D eigenvalue weighted by Gasteiger charge is -2.41. The summed E-state index contributed by atoms with van der Waals surface area (Å²) in [5.41, 5.74) is 3.92. The zero-order chi connectivity index (χ0) is 32.0. The normalized spacial score (nSPS) is 14.6. The van der Waals surface area contributed by atoms with Crippen molar-refractivity contribution in [2.45, 2.75) is 65.8 Å². The molecule has 0 amide bonds. The van der Waals surface area contributed by atoms with Crippen molar-refractivity contribution >= 4 is 17.1 Å². The van der Waals surface area contributed by atoms with Gasteiger partial charge in [-0.1, -0.05) is 34.3 Å². The Kier molecular flexibility index (Phi) is 9.94. The number of rotatable bonds is 5. The minimum atomic E-state index is -0.807. The summed E-state index contributed by atoms with van der Waals surface area (Å²) in [5, 5.41) is 9.67. The molecule has 1 aliphatic carbocycles. The van der Waals surface area contributed by atoms with Gasteiger partial charge in [-0.05, 0) is 68.1 Å². The molecule has 1 aliphatic heterocycles. The standard InChI is InChI=1S/C31H26F2N6O.2C2H6/c1-19-12-26(40-3)29(33)30(28(19)32)38-17-22-15-36-24(13-25(22)39(20(38)2)23-6-4-11-35-16-23)21-7-8-27(37-14-21)31(18-34)9-5-10-31;2*1-2/h4,6-8,11-16H,2,5,9-10,17H2,1,3H3;2*1-2H3. The Bertz CT molecular complexity index is 1660. The van der Waals surface area contributed by atoms with Crippen molar-refractivity contribution < 1.29 is 13.5 Å². The van der Waals surface area contributed by atoms with Crippen molar-refractivity contribution in [3.05, 3.63) is 102 Å². The molecule has 44 heavy (non-hydrogen) atoms. The van der Waals surface area contributed by atoms with Gasteiger partial charge in [0.1, 0.15) is 11.5 Å². The molecule has 7 nitrogen and oxygen atoms in total. The molecule has 1 fully saturated rings. The van der Waals surface area contributed by atoms with Gasteiger partial charge in [0, 0.05) is 29.7 Å². The Labute approximate surface area is 258 Å². The fourth-order valence-corrected chi connectivity index (χ4v) is 5.36. The van der Waals surface area contributed by atoms with Crippen LogP contribution in [0.2, 0.25) is 0 Å². The molecule has 6 rings (SSSR count). The predicted octanol–water partition coefficient (Wildman–Crippen LogP) is 8.76. The lowest BCUT2D eigenvalue weighted by Crippen LogP contribution is -2.38. The number of fused-ring (bicyclic) bond motifs is 1. The van der Waals surface area contributed by atoms with Crippen LogP contribution in [0.25, 0.3) is 11.3 Å². The van der Waals surface area contributed by atoms with Crippen LogP contribution in [0.1, 0.15) is 63.8 Å². The van der Waals surface area contributed by atoms with E-state index in [-0.39, 0.29) is 23.5 Å². The lowest BCUT2D eigenvalue weighted by atomic mass is 9.67. The first-order chi connectivity index (χ1) is 21.4. The maximum absolute atomic E-state index is 15.5. The molecule has 4 heterocycles. The summed E-state index contributed by atoms with van der Waals surface area (Å²) in [6.07, 6.45) is 9.42. The molecule has 228 valence electrons. The third-order valence-electron chi connectivity index (χ3n) is 7.79. The molecule has 2 aliphatic rings. The van der Waals surface area contributed by atoms with Gasteiger partial charge in [0.2, 0.25) is 0 Å². The molecule has 0 unspecified atom stereocenters. The van der Waals surface area contributed by atoms with Crippen LogP contribution in [0.5, 0.6) is 5.75 Å². The number of nitriles is 1. The number of aryl methyl sites for hydroxylation is 1. The van der Waals surface area contributed by atoms with Gasteiger partial charge >= 0.3 is 0 Å². The topological polar surface area (TPSA) is 78.2 Å². The summed E-state index contributed by atoms with van der Waals surface area (Å²) in [7, 11) is 1.35. The van der Waals surface area contributed by atoms with Gasteiger partial charge in [0.25, 0.3) is 0 Å². The van der Waals surface area contributed by atoms with Crippen molar-refractivity contribution in [1.29, 1.82) is 5.26 Å². The molecule has 3 aromatic heterocycles. The summed E-state index contributed by atoms with van der Waals surface area (Å²) in [5.74, 6) is -1.20. The van der Waals surface area contributed by atoms with Crippen molar-refractivity contribution in [1.82, 2.24) is 15.0 Å². The molecule has 0 saturated heterocycles. The van der Waals surface area contributed by atoms with Crippen molar-refractivity contribution in [2.75, 3.05) is 16.9 Å². The van der Waals surface area contributed by atoms with Crippen LogP contribution >= 0.6 is 0 Å². The highest BCUT2D eigenvalue weighted by Gasteiger charge is 2.40. The number of methoxy groups -OCH3 is 1. The molecule has 0 radical (unpaired) electrons. The molecule has 9 heteroatoms. The number of ether oxygens (including phenoxy) is 1. The van der Waals surface area contributed by atoms with Crippen LogP contribution in [-0.2, 0) is 12.0 Å². The Morgan fingerprint density at radius 2 is 1.75 bits per heavy atom. The van der Waals surface area contributed by atoms with Crippen molar-refractivity contribution in [2.24, 2.45) is 0 Å². The van der Waals surface area contributed by atoms with Crippen molar-refractivity contribution in [3.8, 4) is 23.1 Å². The van der Waals surface area contributed by atoms with E-state index in [2.05, 4.69) is 27.6 Å². The van der Waals surface area contributed by atoms with Gasteiger partial charge < -0.3 is 9.64 Å². The Morgan fingerprint density at radius 1 is 1.00 bits per heavy atom. The van der Waals surface area contributed by atoms with Crippen LogP contribution in [0, 0.1) is 29.9 Å². The minimum absolute atomic E-state index is 0.0510. The largest absolute Gasteiger partial charge is 0.494 e. The summed E-state index contributed by atoms with van der Waals surface area (Å²) < 4.78 is 36.1.